The van der Waals surface area contributed by atoms with E-state index < -0.39 is 5.54 Å². The molecule has 1 amide bonds. The van der Waals surface area contributed by atoms with Crippen LogP contribution in [0, 0.1) is 5.92 Å². The van der Waals surface area contributed by atoms with Crippen LogP contribution in [0.25, 0.3) is 0 Å². The number of rotatable bonds is 10. The SMILES string of the molecule is CCCNC(C)(CCCCOC1CCCC(C)C1)C(N)=O. The van der Waals surface area contributed by atoms with Gasteiger partial charge in [0.05, 0.1) is 11.6 Å². The molecule has 1 fully saturated rings. The lowest BCUT2D eigenvalue weighted by Crippen LogP contribution is -2.53. The van der Waals surface area contributed by atoms with Gasteiger partial charge in [-0.3, -0.25) is 4.79 Å². The standard InChI is InChI=1S/C17H34N2O2/c1-4-11-19-17(3,16(18)20)10-5-6-12-21-15-9-7-8-14(2)13-15/h14-15,19H,4-13H2,1-3H3,(H2,18,20). The molecule has 0 aromatic rings. The van der Waals surface area contributed by atoms with Gasteiger partial charge in [0, 0.05) is 6.61 Å². The summed E-state index contributed by atoms with van der Waals surface area (Å²) in [5.74, 6) is 0.554. The molecule has 4 heteroatoms. The minimum Gasteiger partial charge on any atom is -0.378 e. The average molecular weight is 298 g/mol. The highest BCUT2D eigenvalue weighted by Crippen LogP contribution is 2.26. The van der Waals surface area contributed by atoms with Crippen LogP contribution in [0.1, 0.15) is 72.1 Å². The van der Waals surface area contributed by atoms with Crippen LogP contribution in [0.2, 0.25) is 0 Å². The quantitative estimate of drug-likeness (QED) is 0.609. The molecule has 21 heavy (non-hydrogen) atoms. The van der Waals surface area contributed by atoms with Gasteiger partial charge in [-0.25, -0.2) is 0 Å². The van der Waals surface area contributed by atoms with E-state index in [-0.39, 0.29) is 5.91 Å². The van der Waals surface area contributed by atoms with Crippen molar-refractivity contribution in [3.8, 4) is 0 Å². The van der Waals surface area contributed by atoms with Crippen LogP contribution in [0.3, 0.4) is 0 Å². The number of hydrogen-bond donors (Lipinski definition) is 2. The third-order valence-electron chi connectivity index (χ3n) is 4.62. The topological polar surface area (TPSA) is 64.3 Å². The third-order valence-corrected chi connectivity index (χ3v) is 4.62. The second kappa shape index (κ2) is 9.42. The first kappa shape index (κ1) is 18.4. The van der Waals surface area contributed by atoms with E-state index in [1.54, 1.807) is 0 Å². The Balaban J connectivity index is 2.17. The van der Waals surface area contributed by atoms with Gasteiger partial charge in [0.25, 0.3) is 0 Å². The van der Waals surface area contributed by atoms with E-state index in [2.05, 4.69) is 19.2 Å². The molecule has 1 rings (SSSR count). The third kappa shape index (κ3) is 6.79. The molecule has 124 valence electrons. The molecule has 0 aliphatic heterocycles. The smallest absolute Gasteiger partial charge is 0.237 e. The molecule has 3 N–H and O–H groups in total. The van der Waals surface area contributed by atoms with Gasteiger partial charge in [-0.05, 0) is 57.9 Å². The van der Waals surface area contributed by atoms with E-state index in [1.165, 1.54) is 25.7 Å². The lowest BCUT2D eigenvalue weighted by atomic mass is 9.89. The maximum Gasteiger partial charge on any atom is 0.237 e. The normalized spacial score (nSPS) is 25.5. The van der Waals surface area contributed by atoms with Gasteiger partial charge in [0.1, 0.15) is 0 Å². The Hall–Kier alpha value is -0.610. The summed E-state index contributed by atoms with van der Waals surface area (Å²) < 4.78 is 5.97. The van der Waals surface area contributed by atoms with Gasteiger partial charge in [-0.2, -0.15) is 0 Å². The zero-order valence-corrected chi connectivity index (χ0v) is 14.1. The van der Waals surface area contributed by atoms with Gasteiger partial charge in [-0.15, -0.1) is 0 Å². The van der Waals surface area contributed by atoms with Crippen LogP contribution in [-0.2, 0) is 9.53 Å². The van der Waals surface area contributed by atoms with Crippen molar-refractivity contribution >= 4 is 5.91 Å². The molecule has 1 aliphatic carbocycles. The number of nitrogens with one attached hydrogen (secondary N) is 1. The molecule has 4 nitrogen and oxygen atoms in total. The molecular formula is C17H34N2O2. The summed E-state index contributed by atoms with van der Waals surface area (Å²) in [4.78, 5) is 11.6. The lowest BCUT2D eigenvalue weighted by Gasteiger charge is -2.28. The molecule has 0 bridgehead atoms. The van der Waals surface area contributed by atoms with Crippen molar-refractivity contribution in [2.75, 3.05) is 13.2 Å². The molecule has 0 heterocycles. The van der Waals surface area contributed by atoms with Crippen LogP contribution in [0.4, 0.5) is 0 Å². The molecule has 0 spiro atoms. The molecule has 1 aliphatic rings. The van der Waals surface area contributed by atoms with E-state index in [0.29, 0.717) is 6.10 Å². The molecule has 1 saturated carbocycles. The van der Waals surface area contributed by atoms with Crippen LogP contribution in [0.5, 0.6) is 0 Å². The second-order valence-corrected chi connectivity index (χ2v) is 6.84. The van der Waals surface area contributed by atoms with Crippen molar-refractivity contribution < 1.29 is 9.53 Å². The zero-order chi connectivity index (χ0) is 15.7. The first-order valence-electron chi connectivity index (χ1n) is 8.64. The van der Waals surface area contributed by atoms with Gasteiger partial charge in [0.15, 0.2) is 0 Å². The Morgan fingerprint density at radius 3 is 2.76 bits per heavy atom. The highest BCUT2D eigenvalue weighted by Gasteiger charge is 2.29. The number of unbranched alkanes of at least 4 members (excludes halogenated alkanes) is 1. The van der Waals surface area contributed by atoms with Gasteiger partial charge in [-0.1, -0.05) is 26.7 Å². The largest absolute Gasteiger partial charge is 0.378 e. The van der Waals surface area contributed by atoms with Crippen molar-refractivity contribution in [1.29, 1.82) is 0 Å². The summed E-state index contributed by atoms with van der Waals surface area (Å²) >= 11 is 0. The van der Waals surface area contributed by atoms with Crippen LogP contribution in [-0.4, -0.2) is 30.7 Å². The number of hydrogen-bond acceptors (Lipinski definition) is 3. The number of ether oxygens (including phenoxy) is 1. The number of primary amides is 1. The van der Waals surface area contributed by atoms with Gasteiger partial charge >= 0.3 is 0 Å². The summed E-state index contributed by atoms with van der Waals surface area (Å²) in [5.41, 5.74) is 4.95. The van der Waals surface area contributed by atoms with E-state index in [4.69, 9.17) is 10.5 Å². The summed E-state index contributed by atoms with van der Waals surface area (Å²) in [6, 6.07) is 0. The summed E-state index contributed by atoms with van der Waals surface area (Å²) in [5, 5.41) is 3.28. The van der Waals surface area contributed by atoms with Gasteiger partial charge < -0.3 is 15.8 Å². The Morgan fingerprint density at radius 1 is 1.38 bits per heavy atom. The molecule has 3 atom stereocenters. The zero-order valence-electron chi connectivity index (χ0n) is 14.1. The van der Waals surface area contributed by atoms with Crippen molar-refractivity contribution in [3.05, 3.63) is 0 Å². The fraction of sp³-hybridized carbons (Fsp3) is 0.941. The van der Waals surface area contributed by atoms with E-state index in [0.717, 1.165) is 44.8 Å². The summed E-state index contributed by atoms with van der Waals surface area (Å²) in [7, 11) is 0. The fourth-order valence-electron chi connectivity index (χ4n) is 3.06. The average Bonchev–Trinajstić information content (AvgIpc) is 2.44. The predicted octanol–water partition coefficient (Wildman–Crippen LogP) is 3.00. The van der Waals surface area contributed by atoms with E-state index in [1.807, 2.05) is 6.92 Å². The van der Waals surface area contributed by atoms with Crippen LogP contribution in [0.15, 0.2) is 0 Å². The minimum absolute atomic E-state index is 0.252. The molecule has 0 aromatic carbocycles. The van der Waals surface area contributed by atoms with Crippen molar-refractivity contribution in [2.24, 2.45) is 11.7 Å². The summed E-state index contributed by atoms with van der Waals surface area (Å²) in [6.45, 7) is 7.95. The number of carbonyl (C=O) groups excluding carboxylic acids is 1. The monoisotopic (exact) mass is 298 g/mol. The van der Waals surface area contributed by atoms with Crippen molar-refractivity contribution in [3.63, 3.8) is 0 Å². The molecule has 0 aromatic heterocycles. The Morgan fingerprint density at radius 2 is 2.14 bits per heavy atom. The highest BCUT2D eigenvalue weighted by atomic mass is 16.5. The maximum absolute atomic E-state index is 11.6. The van der Waals surface area contributed by atoms with Gasteiger partial charge in [0.2, 0.25) is 5.91 Å². The maximum atomic E-state index is 11.6. The van der Waals surface area contributed by atoms with Crippen molar-refractivity contribution in [1.82, 2.24) is 5.32 Å². The number of carbonyl (C=O) groups is 1. The molecular weight excluding hydrogens is 264 g/mol. The Bertz CT molecular complexity index is 309. The first-order valence-corrected chi connectivity index (χ1v) is 8.64. The minimum atomic E-state index is -0.574. The van der Waals surface area contributed by atoms with Crippen LogP contribution >= 0.6 is 0 Å². The second-order valence-electron chi connectivity index (χ2n) is 6.84. The van der Waals surface area contributed by atoms with E-state index >= 15 is 0 Å². The van der Waals surface area contributed by atoms with Crippen LogP contribution < -0.4 is 11.1 Å². The predicted molar refractivity (Wildman–Crippen MR) is 87.1 cm³/mol. The molecule has 0 saturated heterocycles. The Labute approximate surface area is 130 Å². The summed E-state index contributed by atoms with van der Waals surface area (Å²) in [6.07, 6.45) is 9.28. The fourth-order valence-corrected chi connectivity index (χ4v) is 3.06. The first-order chi connectivity index (χ1) is 9.98. The molecule has 3 unspecified atom stereocenters. The lowest BCUT2D eigenvalue weighted by molar-refractivity contribution is -0.124. The number of nitrogens with two attached hydrogens (primary N) is 1. The Kier molecular flexibility index (Phi) is 8.27. The molecule has 0 radical (unpaired) electrons. The number of amides is 1. The van der Waals surface area contributed by atoms with Crippen molar-refractivity contribution in [2.45, 2.75) is 83.8 Å². The highest BCUT2D eigenvalue weighted by molar-refractivity contribution is 5.84. The van der Waals surface area contributed by atoms with E-state index in [9.17, 15) is 4.79 Å².